The van der Waals surface area contributed by atoms with Crippen molar-refractivity contribution in [2.45, 2.75) is 32.0 Å². The van der Waals surface area contributed by atoms with E-state index in [4.69, 9.17) is 5.11 Å². The predicted octanol–water partition coefficient (Wildman–Crippen LogP) is 0.279. The van der Waals surface area contributed by atoms with Crippen LogP contribution in [0.1, 0.15) is 29.5 Å². The first-order chi connectivity index (χ1) is 11.2. The summed E-state index contributed by atoms with van der Waals surface area (Å²) in [5.74, 6) is 0.0649. The lowest BCUT2D eigenvalue weighted by Gasteiger charge is -2.20. The van der Waals surface area contributed by atoms with E-state index in [1.54, 1.807) is 18.5 Å². The zero-order valence-corrected chi connectivity index (χ0v) is 12.8. The lowest BCUT2D eigenvalue weighted by atomic mass is 10.1. The van der Waals surface area contributed by atoms with Crippen LogP contribution in [0.15, 0.2) is 30.6 Å². The van der Waals surface area contributed by atoms with E-state index in [2.05, 4.69) is 10.1 Å². The zero-order valence-electron chi connectivity index (χ0n) is 12.8. The summed E-state index contributed by atoms with van der Waals surface area (Å²) in [7, 11) is 0. The molecule has 0 aliphatic carbocycles. The Kier molecular flexibility index (Phi) is 4.68. The van der Waals surface area contributed by atoms with Crippen molar-refractivity contribution in [3.05, 3.63) is 47.5 Å². The smallest absolute Gasteiger partial charge is 0.227 e. The molecule has 0 unspecified atom stereocenters. The first-order valence-electron chi connectivity index (χ1n) is 7.69. The molecule has 122 valence electrons. The van der Waals surface area contributed by atoms with Crippen LogP contribution in [0.2, 0.25) is 0 Å². The van der Waals surface area contributed by atoms with Gasteiger partial charge in [-0.3, -0.25) is 14.5 Å². The highest BCUT2D eigenvalue weighted by Gasteiger charge is 2.22. The number of aliphatic hydroxyl groups is 2. The Labute approximate surface area is 134 Å². The molecule has 0 saturated carbocycles. The Bertz CT molecular complexity index is 671. The number of hydrogen-bond donors (Lipinski definition) is 2. The minimum Gasteiger partial charge on any atom is -0.393 e. The van der Waals surface area contributed by atoms with Crippen LogP contribution >= 0.6 is 0 Å². The number of pyridine rings is 1. The number of nitrogens with zero attached hydrogens (tertiary/aromatic N) is 4. The van der Waals surface area contributed by atoms with Gasteiger partial charge in [-0.25, -0.2) is 0 Å². The third-order valence-electron chi connectivity index (χ3n) is 4.00. The summed E-state index contributed by atoms with van der Waals surface area (Å²) in [5, 5.41) is 23.1. The van der Waals surface area contributed by atoms with Crippen LogP contribution in [-0.2, 0) is 24.3 Å². The van der Waals surface area contributed by atoms with Crippen LogP contribution in [0.4, 0.5) is 0 Å². The summed E-state index contributed by atoms with van der Waals surface area (Å²) in [6.07, 6.45) is 3.55. The summed E-state index contributed by atoms with van der Waals surface area (Å²) in [6.45, 7) is 1.49. The van der Waals surface area contributed by atoms with Crippen molar-refractivity contribution in [3.8, 4) is 0 Å². The fraction of sp³-hybridized carbons (Fsp3) is 0.438. The van der Waals surface area contributed by atoms with Gasteiger partial charge in [-0.1, -0.05) is 0 Å². The van der Waals surface area contributed by atoms with Crippen molar-refractivity contribution in [1.29, 1.82) is 0 Å². The van der Waals surface area contributed by atoms with Crippen LogP contribution in [0.25, 0.3) is 0 Å². The van der Waals surface area contributed by atoms with Gasteiger partial charge in [0, 0.05) is 25.5 Å². The average molecular weight is 316 g/mol. The first kappa shape index (κ1) is 15.6. The van der Waals surface area contributed by atoms with Crippen molar-refractivity contribution in [2.24, 2.45) is 0 Å². The molecule has 2 N–H and O–H groups in total. The van der Waals surface area contributed by atoms with Gasteiger partial charge < -0.3 is 15.1 Å². The highest BCUT2D eigenvalue weighted by Crippen LogP contribution is 2.18. The molecule has 7 nitrogen and oxygen atoms in total. The molecule has 0 fully saturated rings. The van der Waals surface area contributed by atoms with Gasteiger partial charge in [0.1, 0.15) is 6.10 Å². The molecule has 2 aromatic rings. The molecule has 0 saturated heterocycles. The maximum absolute atomic E-state index is 12.5. The van der Waals surface area contributed by atoms with Crippen LogP contribution in [0, 0.1) is 0 Å². The predicted molar refractivity (Wildman–Crippen MR) is 82.2 cm³/mol. The van der Waals surface area contributed by atoms with E-state index in [-0.39, 0.29) is 12.5 Å². The molecular formula is C16H20N4O3. The second kappa shape index (κ2) is 6.89. The van der Waals surface area contributed by atoms with E-state index in [1.165, 1.54) is 0 Å². The number of aromatic nitrogens is 3. The van der Waals surface area contributed by atoms with Gasteiger partial charge in [0.25, 0.3) is 0 Å². The lowest BCUT2D eigenvalue weighted by molar-refractivity contribution is -0.131. The summed E-state index contributed by atoms with van der Waals surface area (Å²) in [5.41, 5.74) is 2.28. The molecular weight excluding hydrogens is 296 g/mol. The Morgan fingerprint density at radius 2 is 2.09 bits per heavy atom. The number of amides is 1. The lowest BCUT2D eigenvalue weighted by Crippen LogP contribution is -2.32. The van der Waals surface area contributed by atoms with Crippen LogP contribution in [0.5, 0.6) is 0 Å². The fourth-order valence-corrected chi connectivity index (χ4v) is 2.74. The van der Waals surface area contributed by atoms with Crippen molar-refractivity contribution >= 4 is 5.91 Å². The van der Waals surface area contributed by atoms with E-state index in [9.17, 15) is 9.90 Å². The Balaban J connectivity index is 1.72. The number of aryl methyl sites for hydroxylation is 1. The molecule has 1 atom stereocenters. The van der Waals surface area contributed by atoms with Crippen molar-refractivity contribution in [3.63, 3.8) is 0 Å². The minimum absolute atomic E-state index is 0.0649. The Hall–Kier alpha value is -2.25. The highest BCUT2D eigenvalue weighted by atomic mass is 16.3. The molecule has 2 aromatic heterocycles. The molecule has 23 heavy (non-hydrogen) atoms. The van der Waals surface area contributed by atoms with Gasteiger partial charge in [0.2, 0.25) is 5.91 Å². The number of aliphatic hydroxyl groups excluding tert-OH is 2. The minimum atomic E-state index is -0.976. The third-order valence-corrected chi connectivity index (χ3v) is 4.00. The van der Waals surface area contributed by atoms with Gasteiger partial charge in [-0.15, -0.1) is 0 Å². The highest BCUT2D eigenvalue weighted by molar-refractivity contribution is 5.78. The average Bonchev–Trinajstić information content (AvgIpc) is 2.86. The van der Waals surface area contributed by atoms with Crippen molar-refractivity contribution in [1.82, 2.24) is 19.7 Å². The molecule has 0 bridgehead atoms. The number of hydrogen-bond acceptors (Lipinski definition) is 5. The summed E-state index contributed by atoms with van der Waals surface area (Å²) in [6, 6.07) is 5.45. The normalized spacial score (nSPS) is 15.8. The topological polar surface area (TPSA) is 91.5 Å². The molecule has 1 aliphatic rings. The summed E-state index contributed by atoms with van der Waals surface area (Å²) < 4.78 is 1.81. The van der Waals surface area contributed by atoms with Crippen LogP contribution in [-0.4, -0.2) is 48.9 Å². The van der Waals surface area contributed by atoms with E-state index < -0.39 is 6.10 Å². The Morgan fingerprint density at radius 3 is 2.83 bits per heavy atom. The maximum atomic E-state index is 12.5. The second-order valence-corrected chi connectivity index (χ2v) is 5.68. The van der Waals surface area contributed by atoms with Crippen molar-refractivity contribution in [2.75, 3.05) is 13.2 Å². The molecule has 0 radical (unpaired) electrons. The van der Waals surface area contributed by atoms with Gasteiger partial charge in [-0.2, -0.15) is 5.10 Å². The molecule has 3 rings (SSSR count). The molecule has 3 heterocycles. The zero-order chi connectivity index (χ0) is 16.2. The van der Waals surface area contributed by atoms with E-state index in [0.29, 0.717) is 31.7 Å². The van der Waals surface area contributed by atoms with Crippen LogP contribution in [0.3, 0.4) is 0 Å². The van der Waals surface area contributed by atoms with Gasteiger partial charge >= 0.3 is 0 Å². The number of fused-ring (bicyclic) bond motifs is 1. The molecule has 0 aromatic carbocycles. The summed E-state index contributed by atoms with van der Waals surface area (Å²) in [4.78, 5) is 18.3. The summed E-state index contributed by atoms with van der Waals surface area (Å²) >= 11 is 0. The monoisotopic (exact) mass is 316 g/mol. The molecule has 1 aliphatic heterocycles. The molecule has 0 spiro atoms. The Morgan fingerprint density at radius 1 is 1.30 bits per heavy atom. The number of carbonyl (C=O) groups excluding carboxylic acids is 1. The standard InChI is InChI=1S/C16H20N4O3/c21-11-15(22)14-9-13-10-19(6-1-7-20(13)18-14)16(23)8-12-2-4-17-5-3-12/h2-5,9,15,21-22H,1,6-8,10-11H2/t15-/m0/s1. The van der Waals surface area contributed by atoms with Gasteiger partial charge in [-0.05, 0) is 30.2 Å². The second-order valence-electron chi connectivity index (χ2n) is 5.68. The van der Waals surface area contributed by atoms with E-state index >= 15 is 0 Å². The number of carbonyl (C=O) groups is 1. The number of rotatable bonds is 4. The molecule has 7 heteroatoms. The maximum Gasteiger partial charge on any atom is 0.227 e. The van der Waals surface area contributed by atoms with Crippen molar-refractivity contribution < 1.29 is 15.0 Å². The molecule has 1 amide bonds. The first-order valence-corrected chi connectivity index (χ1v) is 7.69. The van der Waals surface area contributed by atoms with E-state index in [1.807, 2.05) is 21.7 Å². The fourth-order valence-electron chi connectivity index (χ4n) is 2.74. The van der Waals surface area contributed by atoms with Gasteiger partial charge in [0.15, 0.2) is 0 Å². The van der Waals surface area contributed by atoms with E-state index in [0.717, 1.165) is 17.7 Å². The van der Waals surface area contributed by atoms with Crippen LogP contribution < -0.4 is 0 Å². The quantitative estimate of drug-likeness (QED) is 0.845. The largest absolute Gasteiger partial charge is 0.393 e. The van der Waals surface area contributed by atoms with Gasteiger partial charge in [0.05, 0.1) is 31.0 Å². The third kappa shape index (κ3) is 3.57. The SMILES string of the molecule is O=C(Cc1ccncc1)N1CCCn2nc([C@@H](O)CO)cc2C1.